The maximum absolute atomic E-state index is 11.2. The van der Waals surface area contributed by atoms with Crippen molar-refractivity contribution in [1.82, 2.24) is 10.6 Å². The Hall–Kier alpha value is -1.03. The Labute approximate surface area is 97.4 Å². The van der Waals surface area contributed by atoms with E-state index in [2.05, 4.69) is 10.6 Å². The molecular formula is C12H22N2O2. The van der Waals surface area contributed by atoms with Crippen LogP contribution in [0.15, 0.2) is 12.2 Å². The van der Waals surface area contributed by atoms with Crippen molar-refractivity contribution in [2.45, 2.75) is 45.3 Å². The van der Waals surface area contributed by atoms with Crippen LogP contribution in [0.5, 0.6) is 0 Å². The van der Waals surface area contributed by atoms with Crippen molar-refractivity contribution in [3.8, 4) is 0 Å². The lowest BCUT2D eigenvalue weighted by atomic mass is 10.2. The Kier molecular flexibility index (Phi) is 4.80. The molecule has 0 spiro atoms. The Morgan fingerprint density at radius 1 is 1.31 bits per heavy atom. The van der Waals surface area contributed by atoms with Crippen LogP contribution in [0.25, 0.3) is 0 Å². The van der Waals surface area contributed by atoms with Crippen LogP contribution in [0, 0.1) is 0 Å². The number of carbonyl (C=O) groups excluding carboxylic acids is 1. The van der Waals surface area contributed by atoms with Crippen LogP contribution in [0.3, 0.4) is 0 Å². The molecule has 1 aliphatic carbocycles. The number of carbonyl (C=O) groups is 1. The highest BCUT2D eigenvalue weighted by Crippen LogP contribution is 2.17. The highest BCUT2D eigenvalue weighted by molar-refractivity contribution is 5.67. The molecule has 0 heterocycles. The van der Waals surface area contributed by atoms with Gasteiger partial charge >= 0.3 is 6.09 Å². The zero-order valence-electron chi connectivity index (χ0n) is 10.4. The van der Waals surface area contributed by atoms with Gasteiger partial charge in [-0.2, -0.15) is 0 Å². The summed E-state index contributed by atoms with van der Waals surface area (Å²) in [7, 11) is 0. The molecule has 0 aromatic heterocycles. The number of hydrogen-bond acceptors (Lipinski definition) is 3. The minimum Gasteiger partial charge on any atom is -0.444 e. The van der Waals surface area contributed by atoms with Gasteiger partial charge < -0.3 is 15.4 Å². The average molecular weight is 226 g/mol. The number of alkyl carbamates (subject to hydrolysis) is 1. The van der Waals surface area contributed by atoms with E-state index in [-0.39, 0.29) is 6.09 Å². The molecule has 0 aromatic rings. The highest BCUT2D eigenvalue weighted by atomic mass is 16.6. The summed E-state index contributed by atoms with van der Waals surface area (Å²) in [5.41, 5.74) is -0.429. The Balaban J connectivity index is 1.98. The second-order valence-electron chi connectivity index (χ2n) is 5.04. The largest absolute Gasteiger partial charge is 0.444 e. The Bertz CT molecular complexity index is 252. The number of nitrogens with one attached hydrogen (secondary N) is 2. The molecule has 0 saturated heterocycles. The molecule has 0 aromatic carbocycles. The monoisotopic (exact) mass is 226 g/mol. The molecule has 1 saturated carbocycles. The zero-order chi connectivity index (χ0) is 12.0. The summed E-state index contributed by atoms with van der Waals surface area (Å²) in [6.45, 7) is 6.94. The van der Waals surface area contributed by atoms with Gasteiger partial charge in [0.2, 0.25) is 0 Å². The molecule has 0 unspecified atom stereocenters. The molecule has 1 fully saturated rings. The van der Waals surface area contributed by atoms with Crippen molar-refractivity contribution in [1.29, 1.82) is 0 Å². The molecule has 1 aliphatic rings. The van der Waals surface area contributed by atoms with Crippen LogP contribution in [-0.4, -0.2) is 30.8 Å². The fourth-order valence-corrected chi connectivity index (χ4v) is 1.15. The molecular weight excluding hydrogens is 204 g/mol. The number of hydrogen-bond donors (Lipinski definition) is 2. The van der Waals surface area contributed by atoms with Crippen LogP contribution < -0.4 is 10.6 Å². The van der Waals surface area contributed by atoms with Gasteiger partial charge in [0, 0.05) is 19.1 Å². The molecule has 0 radical (unpaired) electrons. The lowest BCUT2D eigenvalue weighted by molar-refractivity contribution is 0.0534. The summed E-state index contributed by atoms with van der Waals surface area (Å²) in [4.78, 5) is 11.2. The smallest absolute Gasteiger partial charge is 0.407 e. The molecule has 1 rings (SSSR count). The quantitative estimate of drug-likeness (QED) is 0.703. The van der Waals surface area contributed by atoms with Crippen LogP contribution in [0.2, 0.25) is 0 Å². The molecule has 0 bridgehead atoms. The van der Waals surface area contributed by atoms with Crippen LogP contribution in [0.1, 0.15) is 33.6 Å². The van der Waals surface area contributed by atoms with Gasteiger partial charge in [-0.3, -0.25) is 0 Å². The first kappa shape index (κ1) is 13.0. The van der Waals surface area contributed by atoms with Crippen LogP contribution >= 0.6 is 0 Å². The van der Waals surface area contributed by atoms with E-state index in [4.69, 9.17) is 4.74 Å². The summed E-state index contributed by atoms with van der Waals surface area (Å²) in [6.07, 6.45) is 6.18. The first-order chi connectivity index (χ1) is 7.47. The van der Waals surface area contributed by atoms with Gasteiger partial charge in [-0.15, -0.1) is 0 Å². The van der Waals surface area contributed by atoms with Gasteiger partial charge in [0.25, 0.3) is 0 Å². The van der Waals surface area contributed by atoms with E-state index in [0.29, 0.717) is 6.54 Å². The van der Waals surface area contributed by atoms with E-state index in [1.165, 1.54) is 12.8 Å². The van der Waals surface area contributed by atoms with Crippen LogP contribution in [0.4, 0.5) is 4.79 Å². The van der Waals surface area contributed by atoms with Crippen molar-refractivity contribution >= 4 is 6.09 Å². The van der Waals surface area contributed by atoms with Crippen molar-refractivity contribution in [2.24, 2.45) is 0 Å². The first-order valence-electron chi connectivity index (χ1n) is 5.82. The summed E-state index contributed by atoms with van der Waals surface area (Å²) < 4.78 is 5.09. The molecule has 92 valence electrons. The third-order valence-corrected chi connectivity index (χ3v) is 2.03. The van der Waals surface area contributed by atoms with E-state index in [1.54, 1.807) is 0 Å². The van der Waals surface area contributed by atoms with Gasteiger partial charge in [0.15, 0.2) is 0 Å². The molecule has 4 nitrogen and oxygen atoms in total. The van der Waals surface area contributed by atoms with E-state index >= 15 is 0 Å². The van der Waals surface area contributed by atoms with Crippen molar-refractivity contribution in [3.05, 3.63) is 12.2 Å². The zero-order valence-corrected chi connectivity index (χ0v) is 10.4. The SMILES string of the molecule is CC(C)(C)OC(=O)NC/C=C/CNC1CC1. The van der Waals surface area contributed by atoms with E-state index in [9.17, 15) is 4.79 Å². The maximum Gasteiger partial charge on any atom is 0.407 e. The summed E-state index contributed by atoms with van der Waals surface area (Å²) in [5.74, 6) is 0. The molecule has 0 aliphatic heterocycles. The maximum atomic E-state index is 11.2. The number of amides is 1. The second-order valence-corrected chi connectivity index (χ2v) is 5.04. The van der Waals surface area contributed by atoms with Gasteiger partial charge in [-0.1, -0.05) is 12.2 Å². The summed E-state index contributed by atoms with van der Waals surface area (Å²) >= 11 is 0. The van der Waals surface area contributed by atoms with Gasteiger partial charge in [0.05, 0.1) is 0 Å². The number of ether oxygens (including phenoxy) is 1. The topological polar surface area (TPSA) is 50.4 Å². The van der Waals surface area contributed by atoms with Gasteiger partial charge in [-0.05, 0) is 33.6 Å². The van der Waals surface area contributed by atoms with Gasteiger partial charge in [0.1, 0.15) is 5.60 Å². The van der Waals surface area contributed by atoms with Gasteiger partial charge in [-0.25, -0.2) is 4.79 Å². The lowest BCUT2D eigenvalue weighted by Crippen LogP contribution is -2.32. The summed E-state index contributed by atoms with van der Waals surface area (Å²) in [5, 5.41) is 6.02. The van der Waals surface area contributed by atoms with Crippen molar-refractivity contribution in [2.75, 3.05) is 13.1 Å². The Morgan fingerprint density at radius 3 is 2.50 bits per heavy atom. The molecule has 4 heteroatoms. The normalized spacial score (nSPS) is 16.4. The predicted molar refractivity (Wildman–Crippen MR) is 64.4 cm³/mol. The van der Waals surface area contributed by atoms with Crippen molar-refractivity contribution in [3.63, 3.8) is 0 Å². The third-order valence-electron chi connectivity index (χ3n) is 2.03. The first-order valence-corrected chi connectivity index (χ1v) is 5.82. The Morgan fingerprint density at radius 2 is 1.94 bits per heavy atom. The molecule has 2 N–H and O–H groups in total. The molecule has 16 heavy (non-hydrogen) atoms. The average Bonchev–Trinajstić information content (AvgIpc) is 2.91. The highest BCUT2D eigenvalue weighted by Gasteiger charge is 2.19. The van der Waals surface area contributed by atoms with Crippen LogP contribution in [-0.2, 0) is 4.74 Å². The summed E-state index contributed by atoms with van der Waals surface area (Å²) in [6, 6.07) is 0.725. The fourth-order valence-electron chi connectivity index (χ4n) is 1.15. The minimum atomic E-state index is -0.429. The lowest BCUT2D eigenvalue weighted by Gasteiger charge is -2.19. The fraction of sp³-hybridized carbons (Fsp3) is 0.750. The standard InChI is InChI=1S/C12H22N2O2/c1-12(2,3)16-11(15)14-9-5-4-8-13-10-6-7-10/h4-5,10,13H,6-9H2,1-3H3,(H,14,15)/b5-4+. The van der Waals surface area contributed by atoms with E-state index in [0.717, 1.165) is 12.6 Å². The minimum absolute atomic E-state index is 0.368. The number of rotatable bonds is 5. The predicted octanol–water partition coefficient (Wildman–Crippen LogP) is 1.82. The van der Waals surface area contributed by atoms with Crippen molar-refractivity contribution < 1.29 is 9.53 Å². The second kappa shape index (κ2) is 5.89. The van der Waals surface area contributed by atoms with E-state index in [1.807, 2.05) is 32.9 Å². The molecule has 1 amide bonds. The third kappa shape index (κ3) is 7.29. The van der Waals surface area contributed by atoms with E-state index < -0.39 is 5.60 Å². The molecule has 0 atom stereocenters.